The van der Waals surface area contributed by atoms with E-state index < -0.39 is 0 Å². The van der Waals surface area contributed by atoms with Gasteiger partial charge in [0.15, 0.2) is 0 Å². The second-order valence-corrected chi connectivity index (χ2v) is 5.70. The standard InChI is InChI=1S/C17H19N3O/c1-11-7-12(2)9-15(8-11)19-16-6-5-14(10-18-16)20-17(21)13-3-4-13/h5-10,13H,3-4H2,1-2H3,(H,18,19)(H,20,21). The number of nitrogens with zero attached hydrogens (tertiary/aromatic N) is 1. The molecule has 4 heteroatoms. The van der Waals surface area contributed by atoms with E-state index in [4.69, 9.17) is 0 Å². The van der Waals surface area contributed by atoms with E-state index in [0.29, 0.717) is 0 Å². The summed E-state index contributed by atoms with van der Waals surface area (Å²) in [5, 5.41) is 6.16. The molecule has 1 aliphatic rings. The van der Waals surface area contributed by atoms with Gasteiger partial charge in [-0.1, -0.05) is 6.07 Å². The number of rotatable bonds is 4. The van der Waals surface area contributed by atoms with E-state index in [1.54, 1.807) is 6.20 Å². The van der Waals surface area contributed by atoms with Gasteiger partial charge < -0.3 is 10.6 Å². The summed E-state index contributed by atoms with van der Waals surface area (Å²) >= 11 is 0. The SMILES string of the molecule is Cc1cc(C)cc(Nc2ccc(NC(=O)C3CC3)cn2)c1. The number of amides is 1. The molecule has 2 N–H and O–H groups in total. The second kappa shape index (κ2) is 5.56. The topological polar surface area (TPSA) is 54.0 Å². The molecule has 2 aromatic rings. The van der Waals surface area contributed by atoms with Crippen molar-refractivity contribution in [2.45, 2.75) is 26.7 Å². The summed E-state index contributed by atoms with van der Waals surface area (Å²) in [6.45, 7) is 4.14. The molecule has 0 saturated heterocycles. The maximum absolute atomic E-state index is 11.7. The molecule has 0 radical (unpaired) electrons. The summed E-state index contributed by atoms with van der Waals surface area (Å²) in [6.07, 6.45) is 3.70. The molecular weight excluding hydrogens is 262 g/mol. The first kappa shape index (κ1) is 13.6. The van der Waals surface area contributed by atoms with Gasteiger partial charge in [0.1, 0.15) is 5.82 Å². The Kier molecular flexibility index (Phi) is 3.60. The summed E-state index contributed by atoms with van der Waals surface area (Å²) in [5.74, 6) is 1.08. The Morgan fingerprint density at radius 1 is 1.10 bits per heavy atom. The summed E-state index contributed by atoms with van der Waals surface area (Å²) < 4.78 is 0. The predicted octanol–water partition coefficient (Wildman–Crippen LogP) is 3.79. The van der Waals surface area contributed by atoms with Crippen LogP contribution in [0.1, 0.15) is 24.0 Å². The Hall–Kier alpha value is -2.36. The second-order valence-electron chi connectivity index (χ2n) is 5.70. The molecule has 1 amide bonds. The third-order valence-corrected chi connectivity index (χ3v) is 3.47. The molecule has 0 spiro atoms. The fourth-order valence-electron chi connectivity index (χ4n) is 2.33. The Morgan fingerprint density at radius 3 is 2.38 bits per heavy atom. The van der Waals surface area contributed by atoms with Crippen molar-refractivity contribution in [2.24, 2.45) is 5.92 Å². The van der Waals surface area contributed by atoms with Crippen LogP contribution < -0.4 is 10.6 Å². The molecule has 21 heavy (non-hydrogen) atoms. The molecule has 0 unspecified atom stereocenters. The monoisotopic (exact) mass is 281 g/mol. The lowest BCUT2D eigenvalue weighted by Crippen LogP contribution is -2.13. The lowest BCUT2D eigenvalue weighted by Gasteiger charge is -2.09. The van der Waals surface area contributed by atoms with Crippen molar-refractivity contribution in [1.29, 1.82) is 0 Å². The maximum atomic E-state index is 11.7. The van der Waals surface area contributed by atoms with E-state index in [9.17, 15) is 4.79 Å². The van der Waals surface area contributed by atoms with Crippen molar-refractivity contribution >= 4 is 23.1 Å². The fraction of sp³-hybridized carbons (Fsp3) is 0.294. The Balaban J connectivity index is 1.67. The highest BCUT2D eigenvalue weighted by Gasteiger charge is 2.29. The zero-order chi connectivity index (χ0) is 14.8. The van der Waals surface area contributed by atoms with Gasteiger partial charge in [0.2, 0.25) is 5.91 Å². The van der Waals surface area contributed by atoms with Crippen LogP contribution in [0, 0.1) is 19.8 Å². The van der Waals surface area contributed by atoms with Crippen LogP contribution >= 0.6 is 0 Å². The van der Waals surface area contributed by atoms with E-state index >= 15 is 0 Å². The molecule has 0 aliphatic heterocycles. The number of carbonyl (C=O) groups excluding carboxylic acids is 1. The van der Waals surface area contributed by atoms with Gasteiger partial charge >= 0.3 is 0 Å². The molecule has 1 saturated carbocycles. The van der Waals surface area contributed by atoms with Crippen LogP contribution in [0.25, 0.3) is 0 Å². The van der Waals surface area contributed by atoms with Crippen molar-refractivity contribution in [1.82, 2.24) is 4.98 Å². The number of anilines is 3. The minimum Gasteiger partial charge on any atom is -0.340 e. The van der Waals surface area contributed by atoms with Crippen molar-refractivity contribution in [3.05, 3.63) is 47.7 Å². The molecule has 108 valence electrons. The number of benzene rings is 1. The van der Waals surface area contributed by atoms with E-state index in [1.807, 2.05) is 12.1 Å². The van der Waals surface area contributed by atoms with Crippen molar-refractivity contribution < 1.29 is 4.79 Å². The van der Waals surface area contributed by atoms with Crippen molar-refractivity contribution in [3.63, 3.8) is 0 Å². The van der Waals surface area contributed by atoms with E-state index in [2.05, 4.69) is 47.7 Å². The van der Waals surface area contributed by atoms with Crippen LogP contribution in [0.4, 0.5) is 17.2 Å². The van der Waals surface area contributed by atoms with Gasteiger partial charge in [0.25, 0.3) is 0 Å². The van der Waals surface area contributed by atoms with Crippen LogP contribution in [0.5, 0.6) is 0 Å². The highest BCUT2D eigenvalue weighted by atomic mass is 16.2. The van der Waals surface area contributed by atoms with Crippen LogP contribution in [0.2, 0.25) is 0 Å². The molecule has 4 nitrogen and oxygen atoms in total. The third kappa shape index (κ3) is 3.60. The summed E-state index contributed by atoms with van der Waals surface area (Å²) in [6, 6.07) is 10.0. The molecule has 1 aromatic carbocycles. The zero-order valence-corrected chi connectivity index (χ0v) is 12.3. The van der Waals surface area contributed by atoms with Gasteiger partial charge in [0.05, 0.1) is 11.9 Å². The number of aryl methyl sites for hydroxylation is 2. The summed E-state index contributed by atoms with van der Waals surface area (Å²) in [4.78, 5) is 16.0. The average molecular weight is 281 g/mol. The molecule has 0 atom stereocenters. The molecule has 1 aliphatic carbocycles. The molecule has 3 rings (SSSR count). The first-order valence-corrected chi connectivity index (χ1v) is 7.22. The Labute approximate surface area is 124 Å². The molecule has 1 aromatic heterocycles. The number of hydrogen-bond acceptors (Lipinski definition) is 3. The van der Waals surface area contributed by atoms with Crippen molar-refractivity contribution in [3.8, 4) is 0 Å². The van der Waals surface area contributed by atoms with E-state index in [1.165, 1.54) is 11.1 Å². The van der Waals surface area contributed by atoms with Gasteiger partial charge in [-0.3, -0.25) is 4.79 Å². The van der Waals surface area contributed by atoms with Gasteiger partial charge in [0, 0.05) is 11.6 Å². The number of carbonyl (C=O) groups is 1. The van der Waals surface area contributed by atoms with Crippen LogP contribution in [-0.2, 0) is 4.79 Å². The molecular formula is C17H19N3O. The number of pyridine rings is 1. The largest absolute Gasteiger partial charge is 0.340 e. The number of aromatic nitrogens is 1. The van der Waals surface area contributed by atoms with Gasteiger partial charge in [-0.2, -0.15) is 0 Å². The lowest BCUT2D eigenvalue weighted by atomic mass is 10.1. The Morgan fingerprint density at radius 2 is 1.81 bits per heavy atom. The molecule has 1 heterocycles. The van der Waals surface area contributed by atoms with Gasteiger partial charge in [-0.25, -0.2) is 4.98 Å². The maximum Gasteiger partial charge on any atom is 0.227 e. The van der Waals surface area contributed by atoms with Crippen LogP contribution in [0.3, 0.4) is 0 Å². The van der Waals surface area contributed by atoms with Gasteiger partial charge in [-0.05, 0) is 62.1 Å². The predicted molar refractivity (Wildman–Crippen MR) is 84.8 cm³/mol. The van der Waals surface area contributed by atoms with Crippen LogP contribution in [-0.4, -0.2) is 10.9 Å². The van der Waals surface area contributed by atoms with Crippen molar-refractivity contribution in [2.75, 3.05) is 10.6 Å². The molecule has 0 bridgehead atoms. The quantitative estimate of drug-likeness (QED) is 0.896. The smallest absolute Gasteiger partial charge is 0.227 e. The first-order chi connectivity index (χ1) is 10.1. The lowest BCUT2D eigenvalue weighted by molar-refractivity contribution is -0.117. The minimum atomic E-state index is 0.104. The van der Waals surface area contributed by atoms with Gasteiger partial charge in [-0.15, -0.1) is 0 Å². The number of hydrogen-bond donors (Lipinski definition) is 2. The minimum absolute atomic E-state index is 0.104. The first-order valence-electron chi connectivity index (χ1n) is 7.22. The molecule has 1 fully saturated rings. The van der Waals surface area contributed by atoms with E-state index in [-0.39, 0.29) is 11.8 Å². The third-order valence-electron chi connectivity index (χ3n) is 3.47. The summed E-state index contributed by atoms with van der Waals surface area (Å²) in [5.41, 5.74) is 4.20. The fourth-order valence-corrected chi connectivity index (χ4v) is 2.33. The average Bonchev–Trinajstić information content (AvgIpc) is 3.24. The van der Waals surface area contributed by atoms with Crippen LogP contribution in [0.15, 0.2) is 36.5 Å². The Bertz CT molecular complexity index is 640. The highest BCUT2D eigenvalue weighted by molar-refractivity contribution is 5.93. The van der Waals surface area contributed by atoms with E-state index in [0.717, 1.165) is 30.0 Å². The summed E-state index contributed by atoms with van der Waals surface area (Å²) in [7, 11) is 0. The normalized spacial score (nSPS) is 13.8. The highest BCUT2D eigenvalue weighted by Crippen LogP contribution is 2.30. The zero-order valence-electron chi connectivity index (χ0n) is 12.3. The number of nitrogens with one attached hydrogen (secondary N) is 2.